The summed E-state index contributed by atoms with van der Waals surface area (Å²) < 4.78 is 43.5. The first kappa shape index (κ1) is 19.1. The third-order valence-electron chi connectivity index (χ3n) is 4.55. The molecule has 1 aliphatic heterocycles. The second-order valence-corrected chi connectivity index (χ2v) is 6.73. The van der Waals surface area contributed by atoms with Crippen LogP contribution < -0.4 is 10.1 Å². The molecule has 2 aromatic carbocycles. The topological polar surface area (TPSA) is 41.6 Å². The number of hydrogen-bond donors (Lipinski definition) is 1. The van der Waals surface area contributed by atoms with Crippen molar-refractivity contribution in [1.82, 2.24) is 10.2 Å². The molecule has 1 unspecified atom stereocenters. The molecule has 4 nitrogen and oxygen atoms in total. The van der Waals surface area contributed by atoms with Crippen LogP contribution in [0.5, 0.6) is 5.75 Å². The highest BCUT2D eigenvalue weighted by molar-refractivity contribution is 5.73. The average Bonchev–Trinajstić information content (AvgIpc) is 2.65. The zero-order chi connectivity index (χ0) is 19.4. The highest BCUT2D eigenvalue weighted by atomic mass is 19.4. The van der Waals surface area contributed by atoms with Crippen LogP contribution in [0.2, 0.25) is 0 Å². The number of carbonyl (C=O) groups excluding carboxylic acids is 1. The largest absolute Gasteiger partial charge is 0.493 e. The molecule has 7 heteroatoms. The fourth-order valence-electron chi connectivity index (χ4n) is 3.03. The van der Waals surface area contributed by atoms with Crippen molar-refractivity contribution in [3.05, 3.63) is 65.2 Å². The standard InChI is InChI=1S/C20H21F3N2O2/c1-25(12-14-6-8-17(9-7-14)20(21,22)23)19(26)24-11-15-10-16-4-2-3-5-18(16)27-13-15/h2-9,15H,10-13H2,1H3,(H,24,26). The summed E-state index contributed by atoms with van der Waals surface area (Å²) in [4.78, 5) is 13.7. The quantitative estimate of drug-likeness (QED) is 0.870. The molecule has 0 saturated heterocycles. The predicted molar refractivity (Wildman–Crippen MR) is 95.4 cm³/mol. The molecule has 0 saturated carbocycles. The van der Waals surface area contributed by atoms with Crippen LogP contribution in [0.25, 0.3) is 0 Å². The van der Waals surface area contributed by atoms with E-state index in [2.05, 4.69) is 5.32 Å². The van der Waals surface area contributed by atoms with Gasteiger partial charge in [-0.15, -0.1) is 0 Å². The van der Waals surface area contributed by atoms with Gasteiger partial charge in [-0.1, -0.05) is 30.3 Å². The van der Waals surface area contributed by atoms with Crippen LogP contribution in [0.1, 0.15) is 16.7 Å². The molecule has 0 spiro atoms. The van der Waals surface area contributed by atoms with Gasteiger partial charge in [-0.3, -0.25) is 0 Å². The molecule has 2 aromatic rings. The highest BCUT2D eigenvalue weighted by Crippen LogP contribution is 2.29. The number of para-hydroxylation sites is 1. The first-order valence-corrected chi connectivity index (χ1v) is 8.69. The Balaban J connectivity index is 1.48. The molecule has 144 valence electrons. The minimum Gasteiger partial charge on any atom is -0.493 e. The maximum Gasteiger partial charge on any atom is 0.416 e. The Labute approximate surface area is 155 Å². The summed E-state index contributed by atoms with van der Waals surface area (Å²) >= 11 is 0. The monoisotopic (exact) mass is 378 g/mol. The van der Waals surface area contributed by atoms with E-state index in [0.717, 1.165) is 29.9 Å². The van der Waals surface area contributed by atoms with Crippen LogP contribution >= 0.6 is 0 Å². The Kier molecular flexibility index (Phi) is 5.58. The number of alkyl halides is 3. The molecule has 0 radical (unpaired) electrons. The van der Waals surface area contributed by atoms with Crippen LogP contribution in [-0.2, 0) is 19.1 Å². The molecule has 0 fully saturated rings. The summed E-state index contributed by atoms with van der Waals surface area (Å²) in [5.74, 6) is 1.07. The molecule has 1 heterocycles. The van der Waals surface area contributed by atoms with Crippen molar-refractivity contribution in [3.8, 4) is 5.75 Å². The summed E-state index contributed by atoms with van der Waals surface area (Å²) in [5.41, 5.74) is 1.06. The Morgan fingerprint density at radius 2 is 1.89 bits per heavy atom. The number of benzene rings is 2. The Morgan fingerprint density at radius 3 is 2.59 bits per heavy atom. The lowest BCUT2D eigenvalue weighted by Crippen LogP contribution is -2.41. The maximum absolute atomic E-state index is 12.6. The number of ether oxygens (including phenoxy) is 1. The minimum atomic E-state index is -4.36. The van der Waals surface area contributed by atoms with E-state index >= 15 is 0 Å². The van der Waals surface area contributed by atoms with Gasteiger partial charge in [0.2, 0.25) is 0 Å². The van der Waals surface area contributed by atoms with E-state index in [0.29, 0.717) is 18.7 Å². The van der Waals surface area contributed by atoms with Crippen LogP contribution in [-0.4, -0.2) is 31.1 Å². The zero-order valence-electron chi connectivity index (χ0n) is 14.9. The average molecular weight is 378 g/mol. The van der Waals surface area contributed by atoms with Crippen molar-refractivity contribution in [2.45, 2.75) is 19.1 Å². The van der Waals surface area contributed by atoms with Crippen molar-refractivity contribution in [2.75, 3.05) is 20.2 Å². The molecule has 1 N–H and O–H groups in total. The molecule has 0 aliphatic carbocycles. The second-order valence-electron chi connectivity index (χ2n) is 6.73. The van der Waals surface area contributed by atoms with Gasteiger partial charge in [0.25, 0.3) is 0 Å². The number of hydrogen-bond acceptors (Lipinski definition) is 2. The summed E-state index contributed by atoms with van der Waals surface area (Å²) in [6.45, 7) is 1.25. The zero-order valence-corrected chi connectivity index (χ0v) is 14.9. The highest BCUT2D eigenvalue weighted by Gasteiger charge is 2.30. The van der Waals surface area contributed by atoms with E-state index in [4.69, 9.17) is 4.74 Å². The number of carbonyl (C=O) groups is 1. The Hall–Kier alpha value is -2.70. The molecule has 0 bridgehead atoms. The maximum atomic E-state index is 12.6. The van der Waals surface area contributed by atoms with Crippen molar-refractivity contribution in [1.29, 1.82) is 0 Å². The molecular formula is C20H21F3N2O2. The number of nitrogens with zero attached hydrogens (tertiary/aromatic N) is 1. The lowest BCUT2D eigenvalue weighted by atomic mass is 9.97. The van der Waals surface area contributed by atoms with Gasteiger partial charge >= 0.3 is 12.2 Å². The summed E-state index contributed by atoms with van der Waals surface area (Å²) in [6.07, 6.45) is -3.53. The smallest absolute Gasteiger partial charge is 0.416 e. The third-order valence-corrected chi connectivity index (χ3v) is 4.55. The number of rotatable bonds is 4. The first-order chi connectivity index (χ1) is 12.8. The number of nitrogens with one attached hydrogen (secondary N) is 1. The molecular weight excluding hydrogens is 357 g/mol. The van der Waals surface area contributed by atoms with Crippen molar-refractivity contribution in [2.24, 2.45) is 5.92 Å². The van der Waals surface area contributed by atoms with Crippen LogP contribution in [0.3, 0.4) is 0 Å². The van der Waals surface area contributed by atoms with Crippen molar-refractivity contribution in [3.63, 3.8) is 0 Å². The first-order valence-electron chi connectivity index (χ1n) is 8.69. The van der Waals surface area contributed by atoms with Crippen LogP contribution in [0.15, 0.2) is 48.5 Å². The molecule has 1 aliphatic rings. The SMILES string of the molecule is CN(Cc1ccc(C(F)(F)F)cc1)C(=O)NCC1COc2ccccc2C1. The second kappa shape index (κ2) is 7.90. The normalized spacial score (nSPS) is 16.2. The van der Waals surface area contributed by atoms with Gasteiger partial charge in [0.05, 0.1) is 12.2 Å². The Bertz CT molecular complexity index is 791. The predicted octanol–water partition coefficient (Wildman–Crippen LogP) is 4.10. The summed E-state index contributed by atoms with van der Waals surface area (Å²) in [6, 6.07) is 12.4. The van der Waals surface area contributed by atoms with Gasteiger partial charge in [0.15, 0.2) is 0 Å². The summed E-state index contributed by atoms with van der Waals surface area (Å²) in [7, 11) is 1.61. The molecule has 3 rings (SSSR count). The van der Waals surface area contributed by atoms with Gasteiger partial charge in [0, 0.05) is 26.1 Å². The molecule has 27 heavy (non-hydrogen) atoms. The van der Waals surface area contributed by atoms with Gasteiger partial charge in [-0.05, 0) is 35.7 Å². The molecule has 2 amide bonds. The lowest BCUT2D eigenvalue weighted by Gasteiger charge is -2.26. The van der Waals surface area contributed by atoms with E-state index in [-0.39, 0.29) is 18.5 Å². The fraction of sp³-hybridized carbons (Fsp3) is 0.350. The minimum absolute atomic E-state index is 0.184. The Morgan fingerprint density at radius 1 is 1.19 bits per heavy atom. The fourth-order valence-corrected chi connectivity index (χ4v) is 3.03. The van der Waals surface area contributed by atoms with E-state index in [9.17, 15) is 18.0 Å². The van der Waals surface area contributed by atoms with Gasteiger partial charge < -0.3 is 15.0 Å². The van der Waals surface area contributed by atoms with Crippen molar-refractivity contribution >= 4 is 6.03 Å². The van der Waals surface area contributed by atoms with E-state index in [1.54, 1.807) is 7.05 Å². The molecule has 1 atom stereocenters. The third kappa shape index (κ3) is 4.93. The summed E-state index contributed by atoms with van der Waals surface area (Å²) in [5, 5.41) is 2.87. The molecule has 0 aromatic heterocycles. The number of fused-ring (bicyclic) bond motifs is 1. The van der Waals surface area contributed by atoms with E-state index in [1.807, 2.05) is 24.3 Å². The van der Waals surface area contributed by atoms with Crippen LogP contribution in [0, 0.1) is 5.92 Å². The van der Waals surface area contributed by atoms with E-state index in [1.165, 1.54) is 17.0 Å². The van der Waals surface area contributed by atoms with Crippen LogP contribution in [0.4, 0.5) is 18.0 Å². The number of urea groups is 1. The van der Waals surface area contributed by atoms with Gasteiger partial charge in [-0.2, -0.15) is 13.2 Å². The lowest BCUT2D eigenvalue weighted by molar-refractivity contribution is -0.137. The van der Waals surface area contributed by atoms with Crippen molar-refractivity contribution < 1.29 is 22.7 Å². The van der Waals surface area contributed by atoms with Gasteiger partial charge in [-0.25, -0.2) is 4.79 Å². The van der Waals surface area contributed by atoms with Gasteiger partial charge in [0.1, 0.15) is 5.75 Å². The number of halogens is 3. The number of amides is 2. The van der Waals surface area contributed by atoms with E-state index < -0.39 is 11.7 Å².